The smallest absolute Gasteiger partial charge is 0.293 e. The van der Waals surface area contributed by atoms with Gasteiger partial charge in [-0.3, -0.25) is 14.9 Å². The van der Waals surface area contributed by atoms with Gasteiger partial charge in [-0.2, -0.15) is 0 Å². The maximum absolute atomic E-state index is 13.5. The summed E-state index contributed by atoms with van der Waals surface area (Å²) < 4.78 is 13.6. The van der Waals surface area contributed by atoms with Crippen molar-refractivity contribution in [2.24, 2.45) is 11.7 Å². The Morgan fingerprint density at radius 3 is 2.53 bits per heavy atom. The molecule has 0 fully saturated rings. The minimum Gasteiger partial charge on any atom is -0.368 e. The van der Waals surface area contributed by atoms with Crippen molar-refractivity contribution >= 4 is 39.9 Å². The first-order chi connectivity index (χ1) is 8.73. The van der Waals surface area contributed by atoms with Gasteiger partial charge in [0.15, 0.2) is 0 Å². The number of hydrogen-bond acceptors (Lipinski definition) is 4. The molecule has 0 aliphatic carbocycles. The van der Waals surface area contributed by atoms with Crippen molar-refractivity contribution in [1.29, 1.82) is 0 Å². The van der Waals surface area contributed by atoms with Gasteiger partial charge in [0.05, 0.1) is 8.49 Å². The molecule has 1 atom stereocenters. The maximum atomic E-state index is 13.5. The van der Waals surface area contributed by atoms with Gasteiger partial charge in [-0.1, -0.05) is 13.8 Å². The number of carbonyl (C=O) groups is 1. The number of nitro groups is 1. The third-order valence-electron chi connectivity index (χ3n) is 2.52. The lowest BCUT2D eigenvalue weighted by Crippen LogP contribution is -2.39. The highest BCUT2D eigenvalue weighted by atomic mass is 127. The number of anilines is 1. The molecule has 0 bridgehead atoms. The predicted molar refractivity (Wildman–Crippen MR) is 77.2 cm³/mol. The molecule has 0 aliphatic rings. The van der Waals surface area contributed by atoms with E-state index in [-0.39, 0.29) is 20.9 Å². The highest BCUT2D eigenvalue weighted by molar-refractivity contribution is 14.1. The van der Waals surface area contributed by atoms with Crippen LogP contribution < -0.4 is 11.1 Å². The van der Waals surface area contributed by atoms with Gasteiger partial charge in [-0.25, -0.2) is 4.39 Å². The number of benzene rings is 1. The number of nitrogens with zero attached hydrogens (tertiary/aromatic N) is 1. The molecule has 0 saturated carbocycles. The van der Waals surface area contributed by atoms with E-state index >= 15 is 0 Å². The van der Waals surface area contributed by atoms with Crippen molar-refractivity contribution in [2.45, 2.75) is 19.9 Å². The second-order valence-electron chi connectivity index (χ2n) is 4.31. The van der Waals surface area contributed by atoms with Crippen molar-refractivity contribution in [3.05, 3.63) is 31.6 Å². The summed E-state index contributed by atoms with van der Waals surface area (Å²) in [6.07, 6.45) is 0. The highest BCUT2D eigenvalue weighted by Gasteiger charge is 2.24. The largest absolute Gasteiger partial charge is 0.368 e. The van der Waals surface area contributed by atoms with Crippen LogP contribution in [0.2, 0.25) is 0 Å². The SMILES string of the molecule is CC(C)C(Nc1cc(F)c(I)cc1[N+](=O)[O-])C(N)=O. The number of nitro benzene ring substituents is 1. The van der Waals surface area contributed by atoms with Crippen LogP contribution in [0.15, 0.2) is 12.1 Å². The Morgan fingerprint density at radius 2 is 2.11 bits per heavy atom. The predicted octanol–water partition coefficient (Wildman–Crippen LogP) is 2.26. The van der Waals surface area contributed by atoms with Crippen LogP contribution in [0.25, 0.3) is 0 Å². The zero-order valence-electron chi connectivity index (χ0n) is 10.3. The van der Waals surface area contributed by atoms with Gasteiger partial charge in [-0.05, 0) is 28.5 Å². The molecule has 104 valence electrons. The Morgan fingerprint density at radius 1 is 1.53 bits per heavy atom. The summed E-state index contributed by atoms with van der Waals surface area (Å²) in [5.41, 5.74) is 4.86. The van der Waals surface area contributed by atoms with Crippen LogP contribution in [0.4, 0.5) is 15.8 Å². The molecular formula is C11H13FIN3O3. The molecule has 1 aromatic rings. The van der Waals surface area contributed by atoms with Gasteiger partial charge in [0.2, 0.25) is 5.91 Å². The lowest BCUT2D eigenvalue weighted by atomic mass is 10.0. The second-order valence-corrected chi connectivity index (χ2v) is 5.47. The van der Waals surface area contributed by atoms with Gasteiger partial charge in [0, 0.05) is 12.1 Å². The van der Waals surface area contributed by atoms with Gasteiger partial charge >= 0.3 is 0 Å². The van der Waals surface area contributed by atoms with Crippen LogP contribution in [0.3, 0.4) is 0 Å². The summed E-state index contributed by atoms with van der Waals surface area (Å²) in [6.45, 7) is 3.47. The number of nitrogens with two attached hydrogens (primary N) is 1. The van der Waals surface area contributed by atoms with Crippen LogP contribution in [0.1, 0.15) is 13.8 Å². The molecule has 0 radical (unpaired) electrons. The molecule has 0 aliphatic heterocycles. The number of primary amides is 1. The van der Waals surface area contributed by atoms with Crippen LogP contribution in [-0.4, -0.2) is 16.9 Å². The molecule has 1 aromatic carbocycles. The Kier molecular flexibility index (Phi) is 5.04. The van der Waals surface area contributed by atoms with Crippen LogP contribution in [0, 0.1) is 25.4 Å². The average Bonchev–Trinajstić information content (AvgIpc) is 2.28. The van der Waals surface area contributed by atoms with E-state index in [0.29, 0.717) is 0 Å². The number of hydrogen-bond donors (Lipinski definition) is 2. The lowest BCUT2D eigenvalue weighted by molar-refractivity contribution is -0.384. The van der Waals surface area contributed by atoms with Gasteiger partial charge < -0.3 is 11.1 Å². The van der Waals surface area contributed by atoms with E-state index in [1.807, 2.05) is 0 Å². The van der Waals surface area contributed by atoms with Gasteiger partial charge in [-0.15, -0.1) is 0 Å². The Labute approximate surface area is 122 Å². The van der Waals surface area contributed by atoms with Crippen LogP contribution >= 0.6 is 22.6 Å². The standard InChI is InChI=1S/C11H13FIN3O3/c1-5(2)10(11(14)17)15-8-3-6(12)7(13)4-9(8)16(18)19/h3-5,10,15H,1-2H3,(H2,14,17). The van der Waals surface area contributed by atoms with Crippen molar-refractivity contribution < 1.29 is 14.1 Å². The average molecular weight is 381 g/mol. The summed E-state index contributed by atoms with van der Waals surface area (Å²) >= 11 is 1.66. The summed E-state index contributed by atoms with van der Waals surface area (Å²) in [5.74, 6) is -1.43. The van der Waals surface area contributed by atoms with E-state index in [1.54, 1.807) is 36.4 Å². The Balaban J connectivity index is 3.22. The number of halogens is 2. The third kappa shape index (κ3) is 3.75. The fraction of sp³-hybridized carbons (Fsp3) is 0.364. The molecular weight excluding hydrogens is 368 g/mol. The first kappa shape index (κ1) is 15.6. The number of nitrogens with one attached hydrogen (secondary N) is 1. The highest BCUT2D eigenvalue weighted by Crippen LogP contribution is 2.29. The summed E-state index contributed by atoms with van der Waals surface area (Å²) in [7, 11) is 0. The molecule has 1 unspecified atom stereocenters. The van der Waals surface area contributed by atoms with Crippen molar-refractivity contribution in [3.8, 4) is 0 Å². The topological polar surface area (TPSA) is 98.3 Å². The monoisotopic (exact) mass is 381 g/mol. The molecule has 3 N–H and O–H groups in total. The molecule has 0 heterocycles. The molecule has 8 heteroatoms. The van der Waals surface area contributed by atoms with E-state index in [9.17, 15) is 19.3 Å². The lowest BCUT2D eigenvalue weighted by Gasteiger charge is -2.20. The van der Waals surface area contributed by atoms with Crippen molar-refractivity contribution in [2.75, 3.05) is 5.32 Å². The first-order valence-corrected chi connectivity index (χ1v) is 6.51. The maximum Gasteiger partial charge on any atom is 0.293 e. The number of amides is 1. The minimum absolute atomic E-state index is 0.0552. The van der Waals surface area contributed by atoms with E-state index in [1.165, 1.54) is 0 Å². The van der Waals surface area contributed by atoms with E-state index in [2.05, 4.69) is 5.32 Å². The fourth-order valence-electron chi connectivity index (χ4n) is 1.54. The van der Waals surface area contributed by atoms with Crippen molar-refractivity contribution in [3.63, 3.8) is 0 Å². The second kappa shape index (κ2) is 6.13. The fourth-order valence-corrected chi connectivity index (χ4v) is 1.99. The zero-order valence-corrected chi connectivity index (χ0v) is 12.5. The zero-order chi connectivity index (χ0) is 14.7. The number of rotatable bonds is 5. The molecule has 0 saturated heterocycles. The van der Waals surface area contributed by atoms with Crippen LogP contribution in [-0.2, 0) is 4.79 Å². The van der Waals surface area contributed by atoms with Crippen LogP contribution in [0.5, 0.6) is 0 Å². The molecule has 0 spiro atoms. The Bertz CT molecular complexity index is 522. The van der Waals surface area contributed by atoms with Gasteiger partial charge in [0.1, 0.15) is 17.5 Å². The summed E-state index contributed by atoms with van der Waals surface area (Å²) in [5, 5.41) is 13.6. The molecule has 6 nitrogen and oxygen atoms in total. The van der Waals surface area contributed by atoms with Crippen molar-refractivity contribution in [1.82, 2.24) is 0 Å². The van der Waals surface area contributed by atoms with Gasteiger partial charge in [0.25, 0.3) is 5.69 Å². The van der Waals surface area contributed by atoms with E-state index in [0.717, 1.165) is 12.1 Å². The molecule has 1 amide bonds. The summed E-state index contributed by atoms with van der Waals surface area (Å²) in [6, 6.07) is 1.30. The van der Waals surface area contributed by atoms with E-state index < -0.39 is 22.7 Å². The molecule has 0 aromatic heterocycles. The first-order valence-electron chi connectivity index (χ1n) is 5.43. The molecule has 1 rings (SSSR count). The third-order valence-corrected chi connectivity index (χ3v) is 3.35. The van der Waals surface area contributed by atoms with E-state index in [4.69, 9.17) is 5.73 Å². The minimum atomic E-state index is -0.807. The Hall–Kier alpha value is -1.45. The quantitative estimate of drug-likeness (QED) is 0.465. The normalized spacial score (nSPS) is 12.3. The number of carbonyl (C=O) groups excluding carboxylic acids is 1. The molecule has 19 heavy (non-hydrogen) atoms. The summed E-state index contributed by atoms with van der Waals surface area (Å²) in [4.78, 5) is 21.6.